The van der Waals surface area contributed by atoms with Crippen molar-refractivity contribution in [3.63, 3.8) is 0 Å². The largest absolute Gasteiger partial charge is 0.335 e. The zero-order chi connectivity index (χ0) is 19.5. The highest BCUT2D eigenvalue weighted by atomic mass is 32.1. The quantitative estimate of drug-likeness (QED) is 0.735. The Labute approximate surface area is 167 Å². The fourth-order valence-electron chi connectivity index (χ4n) is 3.56. The molecule has 2 aromatic heterocycles. The summed E-state index contributed by atoms with van der Waals surface area (Å²) in [5.41, 5.74) is 3.74. The third-order valence-electron chi connectivity index (χ3n) is 4.87. The number of benzene rings is 1. The number of nitrogens with one attached hydrogen (secondary N) is 1. The van der Waals surface area contributed by atoms with Crippen molar-refractivity contribution in [2.24, 2.45) is 0 Å². The first-order valence-electron chi connectivity index (χ1n) is 9.13. The normalized spacial score (nSPS) is 15.8. The molecule has 0 saturated carbocycles. The molecule has 0 saturated heterocycles. The summed E-state index contributed by atoms with van der Waals surface area (Å²) in [6.07, 6.45) is 2.73. The van der Waals surface area contributed by atoms with Crippen molar-refractivity contribution < 1.29 is 9.59 Å². The van der Waals surface area contributed by atoms with Crippen LogP contribution in [-0.2, 0) is 16.0 Å². The lowest BCUT2D eigenvalue weighted by Crippen LogP contribution is -2.40. The van der Waals surface area contributed by atoms with Gasteiger partial charge < -0.3 is 10.2 Å². The number of nitrogens with zero attached hydrogens (tertiary/aromatic N) is 3. The van der Waals surface area contributed by atoms with E-state index in [-0.39, 0.29) is 24.3 Å². The summed E-state index contributed by atoms with van der Waals surface area (Å²) in [4.78, 5) is 35.3. The molecule has 1 aliphatic heterocycles. The molecule has 0 aliphatic carbocycles. The molecule has 3 aromatic rings. The van der Waals surface area contributed by atoms with E-state index in [9.17, 15) is 9.59 Å². The smallest absolute Gasteiger partial charge is 0.228 e. The van der Waals surface area contributed by atoms with Crippen LogP contribution in [0.3, 0.4) is 0 Å². The van der Waals surface area contributed by atoms with Crippen molar-refractivity contribution in [3.05, 3.63) is 65.2 Å². The minimum Gasteiger partial charge on any atom is -0.335 e. The Bertz CT molecular complexity index is 1000. The highest BCUT2D eigenvalue weighted by Gasteiger charge is 2.30. The second kappa shape index (κ2) is 7.90. The molecule has 1 aliphatic rings. The maximum atomic E-state index is 12.7. The van der Waals surface area contributed by atoms with Crippen molar-refractivity contribution in [2.75, 3.05) is 11.9 Å². The Morgan fingerprint density at radius 2 is 2.00 bits per heavy atom. The minimum absolute atomic E-state index is 0.0148. The number of carbonyl (C=O) groups excluding carboxylic acids is 2. The van der Waals surface area contributed by atoms with Crippen molar-refractivity contribution in [1.82, 2.24) is 14.9 Å². The van der Waals surface area contributed by atoms with Crippen LogP contribution < -0.4 is 5.32 Å². The Hall–Kier alpha value is -3.06. The molecule has 28 heavy (non-hydrogen) atoms. The summed E-state index contributed by atoms with van der Waals surface area (Å²) < 4.78 is 0. The molecule has 0 spiro atoms. The van der Waals surface area contributed by atoms with E-state index >= 15 is 0 Å². The average Bonchev–Trinajstić information content (AvgIpc) is 3.17. The fourth-order valence-corrected chi connectivity index (χ4v) is 4.28. The van der Waals surface area contributed by atoms with Crippen LogP contribution in [0, 0.1) is 0 Å². The Kier molecular flexibility index (Phi) is 5.16. The monoisotopic (exact) mass is 392 g/mol. The number of thiazole rings is 1. The maximum absolute atomic E-state index is 12.7. The van der Waals surface area contributed by atoms with Gasteiger partial charge in [0.05, 0.1) is 18.2 Å². The highest BCUT2D eigenvalue weighted by Crippen LogP contribution is 2.33. The van der Waals surface area contributed by atoms with Gasteiger partial charge in [-0.25, -0.2) is 4.98 Å². The Balaban J connectivity index is 1.50. The number of fused-ring (bicyclic) bond motifs is 1. The standard InChI is InChI=1S/C21H20N4O2S/c1-14(26)25-11-9-15-6-2-3-7-16(15)19(25)12-20(27)24-21-23-18(13-28-21)17-8-4-5-10-22-17/h2-8,10,13,19H,9,11-12H2,1H3,(H,23,24,27). The molecule has 0 fully saturated rings. The zero-order valence-electron chi connectivity index (χ0n) is 15.5. The molecule has 7 heteroatoms. The number of rotatable bonds is 4. The van der Waals surface area contributed by atoms with E-state index in [1.165, 1.54) is 16.9 Å². The number of pyridine rings is 1. The minimum atomic E-state index is -0.252. The number of anilines is 1. The van der Waals surface area contributed by atoms with E-state index in [0.29, 0.717) is 11.7 Å². The van der Waals surface area contributed by atoms with Gasteiger partial charge in [-0.05, 0) is 29.7 Å². The lowest BCUT2D eigenvalue weighted by molar-refractivity contribution is -0.132. The lowest BCUT2D eigenvalue weighted by atomic mass is 9.90. The van der Waals surface area contributed by atoms with Gasteiger partial charge in [-0.1, -0.05) is 30.3 Å². The van der Waals surface area contributed by atoms with Crippen LogP contribution >= 0.6 is 11.3 Å². The molecule has 142 valence electrons. The van der Waals surface area contributed by atoms with Crippen LogP contribution in [0.2, 0.25) is 0 Å². The van der Waals surface area contributed by atoms with Crippen LogP contribution in [0.4, 0.5) is 5.13 Å². The molecule has 1 unspecified atom stereocenters. The Morgan fingerprint density at radius 1 is 1.18 bits per heavy atom. The fraction of sp³-hybridized carbons (Fsp3) is 0.238. The number of hydrogen-bond donors (Lipinski definition) is 1. The summed E-state index contributed by atoms with van der Waals surface area (Å²) in [6, 6.07) is 13.4. The molecule has 4 rings (SSSR count). The van der Waals surface area contributed by atoms with E-state index in [1.54, 1.807) is 18.0 Å². The first-order chi connectivity index (χ1) is 13.6. The molecule has 3 heterocycles. The number of carbonyl (C=O) groups is 2. The van der Waals surface area contributed by atoms with Gasteiger partial charge in [0.2, 0.25) is 11.8 Å². The zero-order valence-corrected chi connectivity index (χ0v) is 16.3. The summed E-state index contributed by atoms with van der Waals surface area (Å²) >= 11 is 1.36. The summed E-state index contributed by atoms with van der Waals surface area (Å²) in [5, 5.41) is 5.27. The van der Waals surface area contributed by atoms with Gasteiger partial charge in [0, 0.05) is 25.0 Å². The predicted molar refractivity (Wildman–Crippen MR) is 109 cm³/mol. The van der Waals surface area contributed by atoms with Gasteiger partial charge in [0.1, 0.15) is 5.69 Å². The van der Waals surface area contributed by atoms with E-state index < -0.39 is 0 Å². The molecular weight excluding hydrogens is 372 g/mol. The van der Waals surface area contributed by atoms with Gasteiger partial charge >= 0.3 is 0 Å². The molecule has 0 bridgehead atoms. The van der Waals surface area contributed by atoms with E-state index in [4.69, 9.17) is 0 Å². The van der Waals surface area contributed by atoms with Crippen molar-refractivity contribution in [3.8, 4) is 11.4 Å². The van der Waals surface area contributed by atoms with E-state index in [2.05, 4.69) is 21.4 Å². The summed E-state index contributed by atoms with van der Waals surface area (Å²) in [6.45, 7) is 2.18. The number of hydrogen-bond acceptors (Lipinski definition) is 5. The van der Waals surface area contributed by atoms with Gasteiger partial charge in [-0.15, -0.1) is 11.3 Å². The second-order valence-electron chi connectivity index (χ2n) is 6.68. The summed E-state index contributed by atoms with van der Waals surface area (Å²) in [7, 11) is 0. The first-order valence-corrected chi connectivity index (χ1v) is 10.0. The number of aromatic nitrogens is 2. The Morgan fingerprint density at radius 3 is 2.79 bits per heavy atom. The topological polar surface area (TPSA) is 75.2 Å². The number of amides is 2. The van der Waals surface area contributed by atoms with Gasteiger partial charge in [-0.3, -0.25) is 14.6 Å². The van der Waals surface area contributed by atoms with Crippen molar-refractivity contribution in [1.29, 1.82) is 0 Å². The second-order valence-corrected chi connectivity index (χ2v) is 7.54. The molecule has 6 nitrogen and oxygen atoms in total. The maximum Gasteiger partial charge on any atom is 0.228 e. The molecular formula is C21H20N4O2S. The molecule has 1 atom stereocenters. The van der Waals surface area contributed by atoms with Gasteiger partial charge in [-0.2, -0.15) is 0 Å². The van der Waals surface area contributed by atoms with Gasteiger partial charge in [0.15, 0.2) is 5.13 Å². The first kappa shape index (κ1) is 18.3. The molecule has 2 amide bonds. The van der Waals surface area contributed by atoms with E-state index in [1.807, 2.05) is 41.8 Å². The van der Waals surface area contributed by atoms with Crippen LogP contribution in [-0.4, -0.2) is 33.2 Å². The lowest BCUT2D eigenvalue weighted by Gasteiger charge is -2.36. The molecule has 1 N–H and O–H groups in total. The molecule has 0 radical (unpaired) electrons. The van der Waals surface area contributed by atoms with Crippen LogP contribution in [0.15, 0.2) is 54.0 Å². The van der Waals surface area contributed by atoms with E-state index in [0.717, 1.165) is 23.4 Å². The highest BCUT2D eigenvalue weighted by molar-refractivity contribution is 7.14. The van der Waals surface area contributed by atoms with Crippen LogP contribution in [0.1, 0.15) is 30.5 Å². The summed E-state index contributed by atoms with van der Waals surface area (Å²) in [5.74, 6) is -0.172. The van der Waals surface area contributed by atoms with Crippen molar-refractivity contribution in [2.45, 2.75) is 25.8 Å². The third kappa shape index (κ3) is 3.80. The third-order valence-corrected chi connectivity index (χ3v) is 5.63. The van der Waals surface area contributed by atoms with Gasteiger partial charge in [0.25, 0.3) is 0 Å². The average molecular weight is 392 g/mol. The van der Waals surface area contributed by atoms with Crippen LogP contribution in [0.25, 0.3) is 11.4 Å². The predicted octanol–water partition coefficient (Wildman–Crippen LogP) is 3.68. The molecule has 1 aromatic carbocycles. The van der Waals surface area contributed by atoms with Crippen LogP contribution in [0.5, 0.6) is 0 Å². The van der Waals surface area contributed by atoms with Crippen molar-refractivity contribution >= 4 is 28.3 Å². The SMILES string of the molecule is CC(=O)N1CCc2ccccc2C1CC(=O)Nc1nc(-c2ccccn2)cs1.